The van der Waals surface area contributed by atoms with Crippen LogP contribution in [-0.2, 0) is 35.6 Å². The predicted octanol–water partition coefficient (Wildman–Crippen LogP) is 6.01. The van der Waals surface area contributed by atoms with E-state index in [2.05, 4.69) is 0 Å². The Balaban J connectivity index is 1.69. The molecule has 8 nitrogen and oxygen atoms in total. The normalized spacial score (nSPS) is 19.3. The zero-order chi connectivity index (χ0) is 32.2. The molecular formula is C35H45NO7S. The van der Waals surface area contributed by atoms with Crippen molar-refractivity contribution in [2.75, 3.05) is 6.61 Å². The summed E-state index contributed by atoms with van der Waals surface area (Å²) in [5, 5.41) is 11.0. The van der Waals surface area contributed by atoms with E-state index in [0.29, 0.717) is 23.3 Å². The van der Waals surface area contributed by atoms with Gasteiger partial charge in [0, 0.05) is 13.0 Å². The van der Waals surface area contributed by atoms with E-state index in [9.17, 15) is 18.3 Å². The molecule has 44 heavy (non-hydrogen) atoms. The van der Waals surface area contributed by atoms with Crippen LogP contribution in [0.15, 0.2) is 77.7 Å². The van der Waals surface area contributed by atoms with Gasteiger partial charge in [-0.25, -0.2) is 8.42 Å². The van der Waals surface area contributed by atoms with Crippen LogP contribution in [0.3, 0.4) is 0 Å². The Bertz CT molecular complexity index is 1500. The van der Waals surface area contributed by atoms with Gasteiger partial charge in [-0.1, -0.05) is 78.4 Å². The maximum absolute atomic E-state index is 14.6. The van der Waals surface area contributed by atoms with E-state index >= 15 is 0 Å². The summed E-state index contributed by atoms with van der Waals surface area (Å²) in [6.07, 6.45) is -2.15. The van der Waals surface area contributed by atoms with Gasteiger partial charge < -0.3 is 19.3 Å². The van der Waals surface area contributed by atoms with Gasteiger partial charge in [0.2, 0.25) is 10.0 Å². The average Bonchev–Trinajstić information content (AvgIpc) is 3.31. The van der Waals surface area contributed by atoms with Crippen LogP contribution in [-0.4, -0.2) is 54.4 Å². The number of carbonyl (C=O) groups is 1. The second-order valence-corrected chi connectivity index (χ2v) is 14.1. The number of sulfonamides is 1. The molecule has 3 aromatic rings. The number of rotatable bonds is 12. The fourth-order valence-corrected chi connectivity index (χ4v) is 7.92. The number of nitrogens with zero attached hydrogens (tertiary/aromatic N) is 1. The number of aliphatic hydroxyl groups is 1. The summed E-state index contributed by atoms with van der Waals surface area (Å²) in [5.41, 5.74) is 3.73. The first-order valence-electron chi connectivity index (χ1n) is 15.1. The highest BCUT2D eigenvalue weighted by molar-refractivity contribution is 7.89. The monoisotopic (exact) mass is 623 g/mol. The van der Waals surface area contributed by atoms with E-state index in [4.69, 9.17) is 14.2 Å². The molecule has 5 atom stereocenters. The highest BCUT2D eigenvalue weighted by atomic mass is 32.2. The maximum Gasteiger partial charge on any atom is 0.311 e. The fourth-order valence-electron chi connectivity index (χ4n) is 5.88. The molecule has 1 aliphatic rings. The second-order valence-electron chi connectivity index (χ2n) is 12.3. The van der Waals surface area contributed by atoms with Crippen molar-refractivity contribution >= 4 is 16.0 Å². The van der Waals surface area contributed by atoms with Gasteiger partial charge in [-0.3, -0.25) is 4.79 Å². The minimum Gasteiger partial charge on any atom is -0.455 e. The Morgan fingerprint density at radius 3 is 2.11 bits per heavy atom. The smallest absolute Gasteiger partial charge is 0.311 e. The van der Waals surface area contributed by atoms with E-state index in [1.54, 1.807) is 41.5 Å². The maximum atomic E-state index is 14.6. The molecule has 1 aliphatic heterocycles. The first-order chi connectivity index (χ1) is 20.7. The average molecular weight is 624 g/mol. The van der Waals surface area contributed by atoms with Crippen LogP contribution >= 0.6 is 0 Å². The number of ether oxygens (including phenoxy) is 3. The third-order valence-corrected chi connectivity index (χ3v) is 10.4. The summed E-state index contributed by atoms with van der Waals surface area (Å²) in [5.74, 6) is -2.26. The van der Waals surface area contributed by atoms with Crippen LogP contribution in [0, 0.1) is 26.7 Å². The molecule has 1 fully saturated rings. The van der Waals surface area contributed by atoms with Crippen LogP contribution in [0.5, 0.6) is 0 Å². The molecule has 0 aromatic heterocycles. The summed E-state index contributed by atoms with van der Waals surface area (Å²) in [4.78, 5) is 13.8. The van der Waals surface area contributed by atoms with E-state index in [1.807, 2.05) is 79.7 Å². The van der Waals surface area contributed by atoms with Crippen molar-refractivity contribution in [3.63, 3.8) is 0 Å². The Kier molecular flexibility index (Phi) is 10.7. The summed E-state index contributed by atoms with van der Waals surface area (Å²) in [7, 11) is -4.07. The van der Waals surface area contributed by atoms with Crippen molar-refractivity contribution < 1.29 is 32.5 Å². The lowest BCUT2D eigenvalue weighted by Gasteiger charge is -2.35. The molecule has 0 radical (unpaired) electrons. The molecule has 1 N–H and O–H groups in total. The summed E-state index contributed by atoms with van der Waals surface area (Å²) in [6, 6.07) is 21.4. The van der Waals surface area contributed by atoms with Crippen LogP contribution in [0.1, 0.15) is 68.0 Å². The van der Waals surface area contributed by atoms with E-state index in [-0.39, 0.29) is 24.0 Å². The fraction of sp³-hybridized carbons (Fsp3) is 0.457. The number of benzene rings is 3. The number of carbonyl (C=O) groups excluding carboxylic acids is 1. The standard InChI is InChI=1S/C35H45NO7S/c1-23-18-24(2)33(25(3)19-23)44(39,40)36(21-28-14-10-8-11-15-28)27(5)32(29-16-12-9-13-17-29)42-34(38)26(4)31(37)20-30-22-41-35(6,7)43-30/h8-19,26-27,30-32,37H,20-22H2,1-7H3/t26-,27+,30+,31-,32+/m1/s1. The zero-order valence-electron chi connectivity index (χ0n) is 26.7. The third-order valence-electron chi connectivity index (χ3n) is 8.14. The van der Waals surface area contributed by atoms with Gasteiger partial charge in [0.25, 0.3) is 0 Å². The van der Waals surface area contributed by atoms with Crippen molar-refractivity contribution in [2.24, 2.45) is 5.92 Å². The number of esters is 1. The molecule has 238 valence electrons. The van der Waals surface area contributed by atoms with Crippen molar-refractivity contribution in [1.29, 1.82) is 0 Å². The first kappa shape index (κ1) is 33.8. The number of hydrogen-bond acceptors (Lipinski definition) is 7. The molecule has 0 aliphatic carbocycles. The summed E-state index contributed by atoms with van der Waals surface area (Å²) < 4.78 is 48.1. The van der Waals surface area contributed by atoms with Crippen molar-refractivity contribution in [1.82, 2.24) is 4.31 Å². The molecule has 0 unspecified atom stereocenters. The van der Waals surface area contributed by atoms with Crippen LogP contribution in [0.25, 0.3) is 0 Å². The lowest BCUT2D eigenvalue weighted by molar-refractivity contribution is -0.162. The number of aryl methyl sites for hydroxylation is 3. The second kappa shape index (κ2) is 13.9. The van der Waals surface area contributed by atoms with Crippen LogP contribution < -0.4 is 0 Å². The summed E-state index contributed by atoms with van der Waals surface area (Å²) in [6.45, 7) is 12.9. The molecule has 0 spiro atoms. The molecule has 0 saturated carbocycles. The minimum absolute atomic E-state index is 0.0744. The molecular weight excluding hydrogens is 578 g/mol. The summed E-state index contributed by atoms with van der Waals surface area (Å²) >= 11 is 0. The van der Waals surface area contributed by atoms with Gasteiger partial charge in [0.15, 0.2) is 5.79 Å². The SMILES string of the molecule is Cc1cc(C)c(S(=O)(=O)N(Cc2ccccc2)[C@@H](C)[C@H](OC(=O)[C@H](C)[C@H](O)C[C@H]2COC(C)(C)O2)c2ccccc2)c(C)c1. The van der Waals surface area contributed by atoms with Crippen molar-refractivity contribution in [3.05, 3.63) is 101 Å². The van der Waals surface area contributed by atoms with Crippen molar-refractivity contribution in [3.8, 4) is 0 Å². The molecule has 9 heteroatoms. The molecule has 1 heterocycles. The van der Waals surface area contributed by atoms with Gasteiger partial charge in [-0.15, -0.1) is 0 Å². The van der Waals surface area contributed by atoms with E-state index < -0.39 is 45.9 Å². The molecule has 3 aromatic carbocycles. The predicted molar refractivity (Wildman–Crippen MR) is 169 cm³/mol. The van der Waals surface area contributed by atoms with Crippen LogP contribution in [0.2, 0.25) is 0 Å². The first-order valence-corrected chi connectivity index (χ1v) is 16.5. The van der Waals surface area contributed by atoms with Crippen molar-refractivity contribution in [2.45, 2.75) is 96.5 Å². The number of hydrogen-bond donors (Lipinski definition) is 1. The lowest BCUT2D eigenvalue weighted by atomic mass is 9.98. The van der Waals surface area contributed by atoms with Gasteiger partial charge >= 0.3 is 5.97 Å². The highest BCUT2D eigenvalue weighted by Gasteiger charge is 2.40. The molecule has 0 bridgehead atoms. The topological polar surface area (TPSA) is 102 Å². The third kappa shape index (κ3) is 7.95. The quantitative estimate of drug-likeness (QED) is 0.247. The minimum atomic E-state index is -4.07. The van der Waals surface area contributed by atoms with E-state index in [0.717, 1.165) is 11.1 Å². The van der Waals surface area contributed by atoms with Gasteiger partial charge in [-0.05, 0) is 70.7 Å². The molecule has 4 rings (SSSR count). The Morgan fingerprint density at radius 1 is 1.00 bits per heavy atom. The van der Waals surface area contributed by atoms with Gasteiger partial charge in [-0.2, -0.15) is 4.31 Å². The molecule has 0 amide bonds. The Labute approximate surface area is 262 Å². The number of aliphatic hydroxyl groups excluding tert-OH is 1. The van der Waals surface area contributed by atoms with Gasteiger partial charge in [0.05, 0.1) is 35.7 Å². The largest absolute Gasteiger partial charge is 0.455 e. The Morgan fingerprint density at radius 2 is 1.57 bits per heavy atom. The van der Waals surface area contributed by atoms with E-state index in [1.165, 1.54) is 4.31 Å². The lowest BCUT2D eigenvalue weighted by Crippen LogP contribution is -2.44. The Hall–Kier alpha value is -3.08. The van der Waals surface area contributed by atoms with Crippen LogP contribution in [0.4, 0.5) is 0 Å². The molecule has 1 saturated heterocycles. The van der Waals surface area contributed by atoms with Gasteiger partial charge in [0.1, 0.15) is 6.10 Å². The highest BCUT2D eigenvalue weighted by Crippen LogP contribution is 2.34. The zero-order valence-corrected chi connectivity index (χ0v) is 27.5.